The number of hydrazone groups is 1. The molecule has 0 spiro atoms. The van der Waals surface area contributed by atoms with E-state index in [1.54, 1.807) is 0 Å². The summed E-state index contributed by atoms with van der Waals surface area (Å²) in [4.78, 5) is 11.9. The quantitative estimate of drug-likeness (QED) is 0.825. The normalized spacial score (nSPS) is 18.7. The zero-order valence-corrected chi connectivity index (χ0v) is 12.5. The highest BCUT2D eigenvalue weighted by Crippen LogP contribution is 2.25. The number of hydrogen-bond donors (Lipinski definition) is 1. The van der Waals surface area contributed by atoms with Crippen LogP contribution in [0.5, 0.6) is 0 Å². The van der Waals surface area contributed by atoms with Crippen LogP contribution in [0.15, 0.2) is 29.4 Å². The molecule has 1 aromatic rings. The molecule has 0 aromatic heterocycles. The van der Waals surface area contributed by atoms with E-state index in [1.807, 2.05) is 31.2 Å². The molecule has 0 heterocycles. The summed E-state index contributed by atoms with van der Waals surface area (Å²) in [5.41, 5.74) is 5.64. The molecule has 0 radical (unpaired) electrons. The number of amides is 1. The number of benzene rings is 1. The molecule has 0 atom stereocenters. The number of rotatable bonds is 4. The van der Waals surface area contributed by atoms with Gasteiger partial charge in [0.15, 0.2) is 0 Å². The summed E-state index contributed by atoms with van der Waals surface area (Å²) in [6, 6.07) is 7.56. The predicted octanol–water partition coefficient (Wildman–Crippen LogP) is 4.07. The van der Waals surface area contributed by atoms with E-state index in [1.165, 1.54) is 25.7 Å². The predicted molar refractivity (Wildman–Crippen MR) is 82.9 cm³/mol. The summed E-state index contributed by atoms with van der Waals surface area (Å²) in [7, 11) is 0. The number of carbonyl (C=O) groups excluding carboxylic acids is 1. The Kier molecular flexibility index (Phi) is 5.33. The van der Waals surface area contributed by atoms with Crippen molar-refractivity contribution in [1.82, 2.24) is 5.43 Å². The van der Waals surface area contributed by atoms with E-state index >= 15 is 0 Å². The third-order valence-corrected chi connectivity index (χ3v) is 4.01. The van der Waals surface area contributed by atoms with Crippen LogP contribution in [0, 0.1) is 12.8 Å². The molecule has 1 amide bonds. The molecule has 0 unspecified atom stereocenters. The number of nitrogens with one attached hydrogen (secondary N) is 1. The Bertz CT molecular complexity index is 466. The summed E-state index contributed by atoms with van der Waals surface area (Å²) in [5, 5.41) is 4.29. The second kappa shape index (κ2) is 7.22. The van der Waals surface area contributed by atoms with Gasteiger partial charge in [0, 0.05) is 11.3 Å². The number of aryl methyl sites for hydroxylation is 1. The Hall–Kier alpha value is -1.64. The van der Waals surface area contributed by atoms with Crippen molar-refractivity contribution in [1.29, 1.82) is 0 Å². The van der Waals surface area contributed by atoms with Crippen LogP contribution in [-0.4, -0.2) is 11.6 Å². The monoisotopic (exact) mass is 272 g/mol. The lowest BCUT2D eigenvalue weighted by Crippen LogP contribution is -2.22. The van der Waals surface area contributed by atoms with Crippen LogP contribution in [0.2, 0.25) is 0 Å². The average Bonchev–Trinajstić information content (AvgIpc) is 2.47. The highest BCUT2D eigenvalue weighted by atomic mass is 16.2. The van der Waals surface area contributed by atoms with Crippen molar-refractivity contribution in [3.05, 3.63) is 35.4 Å². The first-order valence-corrected chi connectivity index (χ1v) is 7.61. The van der Waals surface area contributed by atoms with Gasteiger partial charge >= 0.3 is 0 Å². The van der Waals surface area contributed by atoms with Crippen LogP contribution in [-0.2, 0) is 0 Å². The van der Waals surface area contributed by atoms with E-state index in [-0.39, 0.29) is 5.91 Å². The van der Waals surface area contributed by atoms with E-state index in [2.05, 4.69) is 17.5 Å². The van der Waals surface area contributed by atoms with Gasteiger partial charge < -0.3 is 0 Å². The largest absolute Gasteiger partial charge is 0.271 e. The van der Waals surface area contributed by atoms with Gasteiger partial charge in [-0.25, -0.2) is 5.43 Å². The molecule has 1 aliphatic rings. The minimum Gasteiger partial charge on any atom is -0.267 e. The lowest BCUT2D eigenvalue weighted by Gasteiger charge is -2.22. The first-order valence-electron chi connectivity index (χ1n) is 7.61. The molecule has 1 N–H and O–H groups in total. The van der Waals surface area contributed by atoms with Gasteiger partial charge in [-0.2, -0.15) is 5.10 Å². The molecule has 1 aromatic carbocycles. The topological polar surface area (TPSA) is 41.5 Å². The molecular weight excluding hydrogens is 248 g/mol. The fourth-order valence-corrected chi connectivity index (χ4v) is 2.72. The first kappa shape index (κ1) is 14.8. The first-order chi connectivity index (χ1) is 9.69. The molecule has 1 saturated carbocycles. The second-order valence-electron chi connectivity index (χ2n) is 5.72. The van der Waals surface area contributed by atoms with Crippen LogP contribution >= 0.6 is 0 Å². The van der Waals surface area contributed by atoms with Crippen molar-refractivity contribution in [3.8, 4) is 0 Å². The zero-order valence-electron chi connectivity index (χ0n) is 12.5. The molecular formula is C17H24N2O. The van der Waals surface area contributed by atoms with Crippen molar-refractivity contribution in [3.63, 3.8) is 0 Å². The van der Waals surface area contributed by atoms with Crippen LogP contribution in [0.25, 0.3) is 0 Å². The summed E-state index contributed by atoms with van der Waals surface area (Å²) in [6.07, 6.45) is 7.07. The maximum Gasteiger partial charge on any atom is 0.271 e. The summed E-state index contributed by atoms with van der Waals surface area (Å²) in [6.45, 7) is 4.25. The van der Waals surface area contributed by atoms with Crippen LogP contribution in [0.4, 0.5) is 0 Å². The van der Waals surface area contributed by atoms with E-state index in [4.69, 9.17) is 0 Å². The van der Waals surface area contributed by atoms with Gasteiger partial charge in [-0.15, -0.1) is 0 Å². The van der Waals surface area contributed by atoms with E-state index in [9.17, 15) is 4.79 Å². The van der Waals surface area contributed by atoms with Gasteiger partial charge in [-0.3, -0.25) is 4.79 Å². The van der Waals surface area contributed by atoms with Crippen molar-refractivity contribution < 1.29 is 4.79 Å². The van der Waals surface area contributed by atoms with Crippen molar-refractivity contribution in [2.24, 2.45) is 11.0 Å². The minimum atomic E-state index is -0.117. The second-order valence-corrected chi connectivity index (χ2v) is 5.72. The molecule has 0 aliphatic heterocycles. The molecule has 1 aliphatic carbocycles. The van der Waals surface area contributed by atoms with Gasteiger partial charge in [0.05, 0.1) is 0 Å². The lowest BCUT2D eigenvalue weighted by atomic mass is 9.85. The molecule has 1 fully saturated rings. The van der Waals surface area contributed by atoms with Gasteiger partial charge in [-0.1, -0.05) is 37.5 Å². The third-order valence-electron chi connectivity index (χ3n) is 4.01. The van der Waals surface area contributed by atoms with Crippen LogP contribution < -0.4 is 5.43 Å². The lowest BCUT2D eigenvalue weighted by molar-refractivity contribution is 0.0954. The molecule has 2 rings (SSSR count). The van der Waals surface area contributed by atoms with Crippen molar-refractivity contribution in [2.45, 2.75) is 52.4 Å². The Morgan fingerprint density at radius 2 is 1.90 bits per heavy atom. The summed E-state index contributed by atoms with van der Waals surface area (Å²) >= 11 is 0. The Balaban J connectivity index is 1.84. The zero-order chi connectivity index (χ0) is 14.4. The van der Waals surface area contributed by atoms with Gasteiger partial charge in [0.2, 0.25) is 0 Å². The maximum atomic E-state index is 11.9. The maximum absolute atomic E-state index is 11.9. The number of hydrogen-bond acceptors (Lipinski definition) is 2. The molecule has 20 heavy (non-hydrogen) atoms. The SMILES string of the molecule is CCCC1CCC(=NNC(=O)c2ccc(C)cc2)CC1. The Morgan fingerprint density at radius 1 is 1.25 bits per heavy atom. The van der Waals surface area contributed by atoms with Crippen LogP contribution in [0.1, 0.15) is 61.4 Å². The van der Waals surface area contributed by atoms with E-state index in [0.29, 0.717) is 5.56 Å². The fraction of sp³-hybridized carbons (Fsp3) is 0.529. The fourth-order valence-electron chi connectivity index (χ4n) is 2.72. The molecule has 108 valence electrons. The van der Waals surface area contributed by atoms with Crippen molar-refractivity contribution >= 4 is 11.6 Å². The van der Waals surface area contributed by atoms with Crippen LogP contribution in [0.3, 0.4) is 0 Å². The number of nitrogens with zero attached hydrogens (tertiary/aromatic N) is 1. The third kappa shape index (κ3) is 4.19. The van der Waals surface area contributed by atoms with E-state index in [0.717, 1.165) is 30.0 Å². The Labute approximate surface area is 121 Å². The smallest absolute Gasteiger partial charge is 0.267 e. The molecule has 0 bridgehead atoms. The summed E-state index contributed by atoms with van der Waals surface area (Å²) < 4.78 is 0. The van der Waals surface area contributed by atoms with Crippen molar-refractivity contribution in [2.75, 3.05) is 0 Å². The van der Waals surface area contributed by atoms with Gasteiger partial charge in [0.25, 0.3) is 5.91 Å². The van der Waals surface area contributed by atoms with Gasteiger partial charge in [0.1, 0.15) is 0 Å². The average molecular weight is 272 g/mol. The highest BCUT2D eigenvalue weighted by molar-refractivity contribution is 5.95. The minimum absolute atomic E-state index is 0.117. The Morgan fingerprint density at radius 3 is 2.50 bits per heavy atom. The van der Waals surface area contributed by atoms with Gasteiger partial charge in [-0.05, 0) is 50.7 Å². The molecule has 3 nitrogen and oxygen atoms in total. The standard InChI is InChI=1S/C17H24N2O/c1-3-4-14-7-11-16(12-8-14)18-19-17(20)15-9-5-13(2)6-10-15/h5-6,9-10,14H,3-4,7-8,11-12H2,1-2H3,(H,19,20). The highest BCUT2D eigenvalue weighted by Gasteiger charge is 2.17. The molecule has 0 saturated heterocycles. The van der Waals surface area contributed by atoms with E-state index < -0.39 is 0 Å². The molecule has 3 heteroatoms. The number of carbonyl (C=O) groups is 1. The summed E-state index contributed by atoms with van der Waals surface area (Å²) in [5.74, 6) is 0.736.